The van der Waals surface area contributed by atoms with E-state index in [-0.39, 0.29) is 31.2 Å². The molecule has 1 unspecified atom stereocenters. The van der Waals surface area contributed by atoms with E-state index in [0.29, 0.717) is 5.56 Å². The molecular formula is C15H16N2O8. The number of β-lactam (4-membered cyclic amide) rings is 1. The minimum atomic E-state index is -0.929. The summed E-state index contributed by atoms with van der Waals surface area (Å²) in [4.78, 5) is 43.7. The van der Waals surface area contributed by atoms with Crippen LogP contribution in [0.25, 0.3) is 0 Å². The number of nitrogens with zero attached hydrogens (tertiary/aromatic N) is 1. The van der Waals surface area contributed by atoms with Crippen LogP contribution in [-0.2, 0) is 30.4 Å². The Morgan fingerprint density at radius 1 is 1.24 bits per heavy atom. The van der Waals surface area contributed by atoms with Crippen molar-refractivity contribution in [3.05, 3.63) is 39.9 Å². The molecule has 2 atom stereocenters. The molecular weight excluding hydrogens is 336 g/mol. The number of carbonyl (C=O) groups excluding carboxylic acids is 3. The summed E-state index contributed by atoms with van der Waals surface area (Å²) >= 11 is 0. The molecule has 1 aromatic carbocycles. The third-order valence-corrected chi connectivity index (χ3v) is 3.43. The number of ether oxygens (including phenoxy) is 3. The number of hydrogen-bond donors (Lipinski definition) is 1. The number of nitrogens with one attached hydrogen (secondary N) is 1. The number of carbonyl (C=O) groups is 3. The number of benzene rings is 1. The summed E-state index contributed by atoms with van der Waals surface area (Å²) in [5, 5.41) is 13.0. The van der Waals surface area contributed by atoms with Crippen molar-refractivity contribution in [1.29, 1.82) is 0 Å². The number of non-ortho nitro benzene ring substituents is 1. The van der Waals surface area contributed by atoms with Gasteiger partial charge in [0.15, 0.2) is 6.23 Å². The van der Waals surface area contributed by atoms with Crippen molar-refractivity contribution in [3.63, 3.8) is 0 Å². The zero-order valence-electron chi connectivity index (χ0n) is 13.3. The normalized spacial score (nSPS) is 18.5. The summed E-state index contributed by atoms with van der Waals surface area (Å²) in [6.45, 7) is 1.05. The van der Waals surface area contributed by atoms with Crippen molar-refractivity contribution in [2.24, 2.45) is 5.92 Å². The lowest BCUT2D eigenvalue weighted by Gasteiger charge is -2.35. The van der Waals surface area contributed by atoms with E-state index in [1.807, 2.05) is 0 Å². The van der Waals surface area contributed by atoms with Crippen LogP contribution in [0, 0.1) is 16.0 Å². The van der Waals surface area contributed by atoms with E-state index >= 15 is 0 Å². The van der Waals surface area contributed by atoms with Crippen molar-refractivity contribution in [2.75, 3.05) is 6.61 Å². The summed E-state index contributed by atoms with van der Waals surface area (Å²) in [6, 6.07) is 5.53. The first-order valence-electron chi connectivity index (χ1n) is 7.37. The van der Waals surface area contributed by atoms with Crippen LogP contribution in [0.15, 0.2) is 24.3 Å². The van der Waals surface area contributed by atoms with Gasteiger partial charge in [0, 0.05) is 19.1 Å². The van der Waals surface area contributed by atoms with Crippen LogP contribution in [0.3, 0.4) is 0 Å². The first-order valence-corrected chi connectivity index (χ1v) is 7.37. The fourth-order valence-electron chi connectivity index (χ4n) is 2.13. The molecule has 2 rings (SSSR count). The molecule has 1 aromatic rings. The second kappa shape index (κ2) is 8.08. The van der Waals surface area contributed by atoms with Gasteiger partial charge in [-0.2, -0.15) is 0 Å². The Kier molecular flexibility index (Phi) is 5.88. The van der Waals surface area contributed by atoms with Crippen molar-refractivity contribution in [1.82, 2.24) is 5.32 Å². The first kappa shape index (κ1) is 18.2. The highest BCUT2D eigenvalue weighted by atomic mass is 16.7. The molecule has 25 heavy (non-hydrogen) atoms. The maximum Gasteiger partial charge on any atom is 0.508 e. The zero-order chi connectivity index (χ0) is 18.4. The second-order valence-electron chi connectivity index (χ2n) is 5.24. The maximum absolute atomic E-state index is 11.5. The summed E-state index contributed by atoms with van der Waals surface area (Å²) in [5.41, 5.74) is 0.503. The Labute approximate surface area is 142 Å². The third-order valence-electron chi connectivity index (χ3n) is 3.43. The first-order chi connectivity index (χ1) is 11.9. The Balaban J connectivity index is 1.68. The van der Waals surface area contributed by atoms with Gasteiger partial charge in [0.1, 0.15) is 6.61 Å². The molecule has 1 amide bonds. The average Bonchev–Trinajstić information content (AvgIpc) is 2.56. The Morgan fingerprint density at radius 2 is 1.92 bits per heavy atom. The molecule has 0 spiro atoms. The molecule has 1 N–H and O–H groups in total. The zero-order valence-corrected chi connectivity index (χ0v) is 13.3. The fraction of sp³-hybridized carbons (Fsp3) is 0.400. The number of rotatable bonds is 7. The lowest BCUT2D eigenvalue weighted by molar-refractivity contribution is -0.384. The average molecular weight is 352 g/mol. The van der Waals surface area contributed by atoms with Crippen LogP contribution in [0.5, 0.6) is 0 Å². The molecule has 1 aliphatic heterocycles. The van der Waals surface area contributed by atoms with Gasteiger partial charge in [0.05, 0.1) is 17.4 Å². The van der Waals surface area contributed by atoms with Gasteiger partial charge in [-0.15, -0.1) is 0 Å². The van der Waals surface area contributed by atoms with E-state index in [1.165, 1.54) is 31.2 Å². The lowest BCUT2D eigenvalue weighted by atomic mass is 9.96. The van der Waals surface area contributed by atoms with Crippen molar-refractivity contribution in [2.45, 2.75) is 26.2 Å². The van der Waals surface area contributed by atoms with Crippen molar-refractivity contribution >= 4 is 23.7 Å². The Hall–Kier alpha value is -3.17. The van der Waals surface area contributed by atoms with E-state index in [9.17, 15) is 24.5 Å². The fourth-order valence-corrected chi connectivity index (χ4v) is 2.13. The highest BCUT2D eigenvalue weighted by Gasteiger charge is 2.41. The summed E-state index contributed by atoms with van der Waals surface area (Å²) in [6.07, 6.45) is -1.44. The standard InChI is InChI=1S/C15H16N2O8/c1-9(18)25-14-12(13(19)16-14)6-7-23-15(20)24-8-10-2-4-11(5-3-10)17(21)22/h2-5,12,14H,6-8H2,1H3,(H,16,19)/t12-,14?/m0/s1. The van der Waals surface area contributed by atoms with Gasteiger partial charge < -0.3 is 19.5 Å². The van der Waals surface area contributed by atoms with Gasteiger partial charge in [-0.25, -0.2) is 4.79 Å². The number of nitro benzene ring substituents is 1. The van der Waals surface area contributed by atoms with Gasteiger partial charge in [-0.05, 0) is 24.1 Å². The van der Waals surface area contributed by atoms with Crippen LogP contribution >= 0.6 is 0 Å². The summed E-state index contributed by atoms with van der Waals surface area (Å²) < 4.78 is 14.6. The summed E-state index contributed by atoms with van der Waals surface area (Å²) in [5.74, 6) is -1.36. The molecule has 10 heteroatoms. The SMILES string of the molecule is CC(=O)OC1NC(=O)[C@@H]1CCOC(=O)OCc1ccc([N+](=O)[O-])cc1. The van der Waals surface area contributed by atoms with E-state index in [0.717, 1.165) is 0 Å². The molecule has 1 saturated heterocycles. The highest BCUT2D eigenvalue weighted by Crippen LogP contribution is 2.20. The molecule has 0 aliphatic carbocycles. The minimum Gasteiger partial charge on any atom is -0.441 e. The third kappa shape index (κ3) is 5.16. The largest absolute Gasteiger partial charge is 0.508 e. The van der Waals surface area contributed by atoms with E-state index in [4.69, 9.17) is 14.2 Å². The van der Waals surface area contributed by atoms with E-state index in [2.05, 4.69) is 5.32 Å². The monoisotopic (exact) mass is 352 g/mol. The topological polar surface area (TPSA) is 134 Å². The van der Waals surface area contributed by atoms with Gasteiger partial charge >= 0.3 is 12.1 Å². The predicted octanol–water partition coefficient (Wildman–Crippen LogP) is 1.27. The number of amides is 1. The van der Waals surface area contributed by atoms with Crippen LogP contribution in [0.1, 0.15) is 18.9 Å². The number of hydrogen-bond acceptors (Lipinski definition) is 8. The Morgan fingerprint density at radius 3 is 2.48 bits per heavy atom. The molecule has 1 heterocycles. The lowest BCUT2D eigenvalue weighted by Crippen LogP contribution is -2.60. The Bertz CT molecular complexity index is 673. The number of nitro groups is 1. The molecule has 10 nitrogen and oxygen atoms in total. The second-order valence-corrected chi connectivity index (χ2v) is 5.24. The number of esters is 1. The van der Waals surface area contributed by atoms with E-state index in [1.54, 1.807) is 0 Å². The molecule has 0 saturated carbocycles. The molecule has 0 bridgehead atoms. The van der Waals surface area contributed by atoms with Crippen LogP contribution in [0.2, 0.25) is 0 Å². The highest BCUT2D eigenvalue weighted by molar-refractivity contribution is 5.86. The molecule has 1 aliphatic rings. The van der Waals surface area contributed by atoms with Crippen LogP contribution in [0.4, 0.5) is 10.5 Å². The molecule has 0 aromatic heterocycles. The molecule has 1 fully saturated rings. The van der Waals surface area contributed by atoms with Gasteiger partial charge in [-0.1, -0.05) is 0 Å². The van der Waals surface area contributed by atoms with Crippen molar-refractivity contribution in [3.8, 4) is 0 Å². The minimum absolute atomic E-state index is 0.0626. The van der Waals surface area contributed by atoms with Gasteiger partial charge in [0.25, 0.3) is 5.69 Å². The van der Waals surface area contributed by atoms with Gasteiger partial charge in [-0.3, -0.25) is 19.7 Å². The molecule has 134 valence electrons. The van der Waals surface area contributed by atoms with Crippen molar-refractivity contribution < 1.29 is 33.5 Å². The quantitative estimate of drug-likeness (QED) is 0.335. The smallest absolute Gasteiger partial charge is 0.441 e. The van der Waals surface area contributed by atoms with Crippen LogP contribution < -0.4 is 5.32 Å². The predicted molar refractivity (Wildman–Crippen MR) is 81.0 cm³/mol. The summed E-state index contributed by atoms with van der Waals surface area (Å²) in [7, 11) is 0. The maximum atomic E-state index is 11.5. The van der Waals surface area contributed by atoms with Gasteiger partial charge in [0.2, 0.25) is 5.91 Å². The van der Waals surface area contributed by atoms with E-state index < -0.39 is 29.2 Å². The molecule has 0 radical (unpaired) electrons. The van der Waals surface area contributed by atoms with Crippen LogP contribution in [-0.4, -0.2) is 35.8 Å².